The van der Waals surface area contributed by atoms with E-state index in [4.69, 9.17) is 4.42 Å². The molecule has 0 unspecified atom stereocenters. The number of nitrogens with one attached hydrogen (secondary N) is 1. The van der Waals surface area contributed by atoms with Crippen molar-refractivity contribution in [3.8, 4) is 0 Å². The van der Waals surface area contributed by atoms with Crippen LogP contribution >= 0.6 is 0 Å². The average molecular weight is 321 g/mol. The smallest absolute Gasteiger partial charge is 0.308 e. The van der Waals surface area contributed by atoms with Crippen LogP contribution in [0.4, 0.5) is 0 Å². The topological polar surface area (TPSA) is 68.0 Å². The number of amides is 1. The van der Waals surface area contributed by atoms with Crippen LogP contribution in [0.15, 0.2) is 65.1 Å². The Morgan fingerprint density at radius 3 is 2.12 bits per heavy atom. The third kappa shape index (κ3) is 4.52. The van der Waals surface area contributed by atoms with Gasteiger partial charge in [0.1, 0.15) is 0 Å². The van der Waals surface area contributed by atoms with E-state index in [0.29, 0.717) is 18.9 Å². The van der Waals surface area contributed by atoms with Crippen LogP contribution in [0.1, 0.15) is 27.7 Å². The van der Waals surface area contributed by atoms with Gasteiger partial charge in [-0.15, -0.1) is 10.2 Å². The highest BCUT2D eigenvalue weighted by molar-refractivity contribution is 5.89. The first kappa shape index (κ1) is 15.9. The zero-order valence-corrected chi connectivity index (χ0v) is 13.3. The number of hydrogen-bond donors (Lipinski definition) is 1. The van der Waals surface area contributed by atoms with Crippen LogP contribution in [0.25, 0.3) is 0 Å². The molecule has 0 bridgehead atoms. The van der Waals surface area contributed by atoms with Crippen LogP contribution in [-0.2, 0) is 19.3 Å². The summed E-state index contributed by atoms with van der Waals surface area (Å²) in [6.07, 6.45) is 2.19. The number of aromatic nitrogens is 2. The number of benzene rings is 2. The molecule has 0 aliphatic heterocycles. The summed E-state index contributed by atoms with van der Waals surface area (Å²) in [5, 5.41) is 10.6. The quantitative estimate of drug-likeness (QED) is 0.726. The molecule has 0 saturated carbocycles. The summed E-state index contributed by atoms with van der Waals surface area (Å²) in [6.45, 7) is 0.532. The molecule has 0 atom stereocenters. The minimum absolute atomic E-state index is 0.0196. The minimum atomic E-state index is -0.329. The van der Waals surface area contributed by atoms with Crippen LogP contribution < -0.4 is 5.32 Å². The highest BCUT2D eigenvalue weighted by atomic mass is 16.4. The molecular formula is C19H19N3O2. The van der Waals surface area contributed by atoms with Gasteiger partial charge in [0, 0.05) is 13.0 Å². The molecule has 122 valence electrons. The molecule has 1 heterocycles. The second-order valence-electron chi connectivity index (χ2n) is 5.48. The third-order valence-corrected chi connectivity index (χ3v) is 3.67. The van der Waals surface area contributed by atoms with Crippen molar-refractivity contribution in [3.63, 3.8) is 0 Å². The molecule has 0 saturated heterocycles. The maximum atomic E-state index is 12.0. The lowest BCUT2D eigenvalue weighted by atomic mass is 10.1. The summed E-state index contributed by atoms with van der Waals surface area (Å²) in [6, 6.07) is 20.1. The van der Waals surface area contributed by atoms with E-state index in [9.17, 15) is 4.79 Å². The lowest BCUT2D eigenvalue weighted by Crippen LogP contribution is -2.26. The van der Waals surface area contributed by atoms with Crippen LogP contribution in [0.5, 0.6) is 0 Å². The Morgan fingerprint density at radius 2 is 1.46 bits per heavy atom. The summed E-state index contributed by atoms with van der Waals surface area (Å²) in [5.41, 5.74) is 2.37. The van der Waals surface area contributed by atoms with Crippen molar-refractivity contribution in [2.75, 3.05) is 6.54 Å². The van der Waals surface area contributed by atoms with Crippen molar-refractivity contribution in [3.05, 3.63) is 83.6 Å². The second-order valence-corrected chi connectivity index (χ2v) is 5.48. The maximum Gasteiger partial charge on any atom is 0.308 e. The van der Waals surface area contributed by atoms with Gasteiger partial charge in [0.05, 0.1) is 0 Å². The normalized spacial score (nSPS) is 10.5. The fraction of sp³-hybridized carbons (Fsp3) is 0.211. The first-order chi connectivity index (χ1) is 11.8. The van der Waals surface area contributed by atoms with E-state index in [1.807, 2.05) is 60.7 Å². The van der Waals surface area contributed by atoms with Gasteiger partial charge in [-0.25, -0.2) is 0 Å². The average Bonchev–Trinajstić information content (AvgIpc) is 3.11. The molecule has 0 aliphatic rings. The molecule has 1 amide bonds. The van der Waals surface area contributed by atoms with Crippen LogP contribution in [0.2, 0.25) is 0 Å². The van der Waals surface area contributed by atoms with Gasteiger partial charge in [-0.1, -0.05) is 60.7 Å². The Balaban J connectivity index is 1.46. The van der Waals surface area contributed by atoms with E-state index in [-0.39, 0.29) is 11.8 Å². The van der Waals surface area contributed by atoms with Gasteiger partial charge in [0.2, 0.25) is 5.89 Å². The highest BCUT2D eigenvalue weighted by Crippen LogP contribution is 2.07. The van der Waals surface area contributed by atoms with Crippen molar-refractivity contribution in [1.29, 1.82) is 0 Å². The standard InChI is InChI=1S/C19H19N3O2/c23-18(20-14-13-16-9-5-2-6-10-16)19-22-21-17(24-19)12-11-15-7-3-1-4-8-15/h1-10H,11-14H2,(H,20,23). The van der Waals surface area contributed by atoms with Crippen molar-refractivity contribution in [1.82, 2.24) is 15.5 Å². The van der Waals surface area contributed by atoms with Gasteiger partial charge >= 0.3 is 11.8 Å². The van der Waals surface area contributed by atoms with Crippen molar-refractivity contribution in [2.45, 2.75) is 19.3 Å². The molecule has 0 spiro atoms. The fourth-order valence-electron chi connectivity index (χ4n) is 2.38. The number of rotatable bonds is 7. The van der Waals surface area contributed by atoms with Crippen molar-refractivity contribution in [2.24, 2.45) is 0 Å². The predicted octanol–water partition coefficient (Wildman–Crippen LogP) is 2.83. The van der Waals surface area contributed by atoms with Crippen LogP contribution in [-0.4, -0.2) is 22.6 Å². The second kappa shape index (κ2) is 8.06. The molecule has 3 aromatic rings. The number of hydrogen-bond acceptors (Lipinski definition) is 4. The van der Waals surface area contributed by atoms with Gasteiger partial charge in [0.25, 0.3) is 0 Å². The van der Waals surface area contributed by atoms with Gasteiger partial charge in [-0.3, -0.25) is 4.79 Å². The first-order valence-corrected chi connectivity index (χ1v) is 8.00. The van der Waals surface area contributed by atoms with Gasteiger partial charge < -0.3 is 9.73 Å². The number of aryl methyl sites for hydroxylation is 2. The molecule has 24 heavy (non-hydrogen) atoms. The molecular weight excluding hydrogens is 302 g/mol. The predicted molar refractivity (Wildman–Crippen MR) is 90.6 cm³/mol. The van der Waals surface area contributed by atoms with Gasteiger partial charge in [-0.05, 0) is 24.0 Å². The zero-order chi connectivity index (χ0) is 16.6. The Hall–Kier alpha value is -2.95. The van der Waals surface area contributed by atoms with E-state index in [0.717, 1.165) is 12.8 Å². The largest absolute Gasteiger partial charge is 0.417 e. The van der Waals surface area contributed by atoms with E-state index < -0.39 is 0 Å². The van der Waals surface area contributed by atoms with Gasteiger partial charge in [-0.2, -0.15) is 0 Å². The molecule has 5 heteroatoms. The van der Waals surface area contributed by atoms with E-state index in [1.54, 1.807) is 0 Å². The molecule has 0 aliphatic carbocycles. The highest BCUT2D eigenvalue weighted by Gasteiger charge is 2.14. The molecule has 1 N–H and O–H groups in total. The summed E-state index contributed by atoms with van der Waals surface area (Å²) in [5.74, 6) is 0.169. The maximum absolute atomic E-state index is 12.0. The lowest BCUT2D eigenvalue weighted by Gasteiger charge is -2.02. The van der Waals surface area contributed by atoms with Crippen LogP contribution in [0, 0.1) is 0 Å². The number of carbonyl (C=O) groups excluding carboxylic acids is 1. The van der Waals surface area contributed by atoms with Gasteiger partial charge in [0.15, 0.2) is 0 Å². The molecule has 2 aromatic carbocycles. The van der Waals surface area contributed by atoms with Crippen molar-refractivity contribution < 1.29 is 9.21 Å². The van der Waals surface area contributed by atoms with E-state index in [1.165, 1.54) is 11.1 Å². The SMILES string of the molecule is O=C(NCCc1ccccc1)c1nnc(CCc2ccccc2)o1. The Labute approximate surface area is 140 Å². The Morgan fingerprint density at radius 1 is 0.833 bits per heavy atom. The Kier molecular flexibility index (Phi) is 5.35. The zero-order valence-electron chi connectivity index (χ0n) is 13.3. The number of nitrogens with zero attached hydrogens (tertiary/aromatic N) is 2. The molecule has 5 nitrogen and oxygen atoms in total. The summed E-state index contributed by atoms with van der Waals surface area (Å²) >= 11 is 0. The monoisotopic (exact) mass is 321 g/mol. The molecule has 0 fully saturated rings. The third-order valence-electron chi connectivity index (χ3n) is 3.67. The minimum Gasteiger partial charge on any atom is -0.417 e. The first-order valence-electron chi connectivity index (χ1n) is 8.00. The molecule has 1 aromatic heterocycles. The lowest BCUT2D eigenvalue weighted by molar-refractivity contribution is 0.0917. The van der Waals surface area contributed by atoms with Crippen LogP contribution in [0.3, 0.4) is 0 Å². The summed E-state index contributed by atoms with van der Waals surface area (Å²) < 4.78 is 5.44. The van der Waals surface area contributed by atoms with Crippen molar-refractivity contribution >= 4 is 5.91 Å². The molecule has 0 radical (unpaired) electrons. The summed E-state index contributed by atoms with van der Waals surface area (Å²) in [7, 11) is 0. The number of carbonyl (C=O) groups is 1. The fourth-order valence-corrected chi connectivity index (χ4v) is 2.38. The van der Waals surface area contributed by atoms with E-state index in [2.05, 4.69) is 15.5 Å². The Bertz CT molecular complexity index is 770. The molecule has 3 rings (SSSR count). The van der Waals surface area contributed by atoms with E-state index >= 15 is 0 Å². The summed E-state index contributed by atoms with van der Waals surface area (Å²) in [4.78, 5) is 12.0.